The van der Waals surface area contributed by atoms with E-state index < -0.39 is 6.09 Å². The predicted molar refractivity (Wildman–Crippen MR) is 199 cm³/mol. The van der Waals surface area contributed by atoms with E-state index in [1.165, 1.54) is 12.0 Å². The highest BCUT2D eigenvalue weighted by Gasteiger charge is 2.26. The van der Waals surface area contributed by atoms with Gasteiger partial charge in [0.25, 0.3) is 0 Å². The van der Waals surface area contributed by atoms with E-state index in [0.717, 1.165) is 45.5 Å². The SMILES string of the molecule is COc1nc(-c2cccc(-c3cccc(-c4ccc5c(CNC[C@H](C)OC)cn(C)c5n4)c3Cl)c2Cl)ccc1CN(C[C@@H]1CCC(=O)N1)C(=O)O. The number of halogens is 2. The lowest BCUT2D eigenvalue weighted by Crippen LogP contribution is -2.41. The number of hydrogen-bond donors (Lipinski definition) is 3. The fourth-order valence-electron chi connectivity index (χ4n) is 6.40. The largest absolute Gasteiger partial charge is 0.481 e. The molecule has 2 atom stereocenters. The Labute approximate surface area is 306 Å². The normalized spacial score (nSPS) is 14.9. The van der Waals surface area contributed by atoms with Gasteiger partial charge in [-0.25, -0.2) is 14.8 Å². The number of methoxy groups -OCH3 is 2. The van der Waals surface area contributed by atoms with Crippen LogP contribution >= 0.6 is 23.2 Å². The van der Waals surface area contributed by atoms with Gasteiger partial charge in [-0.3, -0.25) is 4.79 Å². The summed E-state index contributed by atoms with van der Waals surface area (Å²) in [6.45, 7) is 3.68. The molecule has 1 aliphatic heterocycles. The van der Waals surface area contributed by atoms with Gasteiger partial charge in [0, 0.05) is 85.7 Å². The molecule has 1 aliphatic rings. The summed E-state index contributed by atoms with van der Waals surface area (Å²) >= 11 is 14.2. The Bertz CT molecular complexity index is 2090. The van der Waals surface area contributed by atoms with Crippen LogP contribution in [-0.2, 0) is 29.7 Å². The molecular weight excluding hydrogens is 691 g/mol. The third-order valence-corrected chi connectivity index (χ3v) is 10.00. The van der Waals surface area contributed by atoms with Crippen LogP contribution in [0.1, 0.15) is 30.9 Å². The average Bonchev–Trinajstić information content (AvgIpc) is 3.69. The van der Waals surface area contributed by atoms with E-state index in [0.29, 0.717) is 46.3 Å². The van der Waals surface area contributed by atoms with Gasteiger partial charge in [0.05, 0.1) is 41.2 Å². The Morgan fingerprint density at radius 1 is 1.00 bits per heavy atom. The number of amides is 2. The minimum Gasteiger partial charge on any atom is -0.481 e. The Hall–Kier alpha value is -4.68. The number of hydrogen-bond acceptors (Lipinski definition) is 7. The minimum atomic E-state index is -1.10. The van der Waals surface area contributed by atoms with Crippen LogP contribution in [0.15, 0.2) is 66.9 Å². The molecule has 4 heterocycles. The topological polar surface area (TPSA) is 131 Å². The van der Waals surface area contributed by atoms with Gasteiger partial charge in [0.1, 0.15) is 5.65 Å². The molecule has 0 radical (unpaired) electrons. The summed E-state index contributed by atoms with van der Waals surface area (Å²) in [6, 6.07) is 18.9. The Balaban J connectivity index is 1.27. The maximum atomic E-state index is 12.1. The van der Waals surface area contributed by atoms with Crippen LogP contribution in [0, 0.1) is 0 Å². The van der Waals surface area contributed by atoms with Crippen molar-refractivity contribution in [2.45, 2.75) is 45.0 Å². The zero-order valence-corrected chi connectivity index (χ0v) is 30.4. The molecule has 0 bridgehead atoms. The number of nitrogens with zero attached hydrogens (tertiary/aromatic N) is 4. The second-order valence-electron chi connectivity index (χ2n) is 12.7. The number of aromatic nitrogens is 3. The van der Waals surface area contributed by atoms with Crippen molar-refractivity contribution in [2.24, 2.45) is 7.05 Å². The fraction of sp³-hybridized carbons (Fsp3) is 0.316. The summed E-state index contributed by atoms with van der Waals surface area (Å²) in [5.41, 5.74) is 6.78. The number of benzene rings is 2. The van der Waals surface area contributed by atoms with Gasteiger partial charge in [-0.2, -0.15) is 0 Å². The number of carbonyl (C=O) groups excluding carboxylic acids is 1. The first kappa shape index (κ1) is 36.1. The highest BCUT2D eigenvalue weighted by molar-refractivity contribution is 6.39. The molecule has 0 unspecified atom stereocenters. The molecule has 0 saturated carbocycles. The molecule has 3 aromatic heterocycles. The van der Waals surface area contributed by atoms with Gasteiger partial charge in [0.2, 0.25) is 11.8 Å². The molecule has 0 aliphatic carbocycles. The number of fused-ring (bicyclic) bond motifs is 1. The van der Waals surface area contributed by atoms with E-state index in [9.17, 15) is 14.7 Å². The summed E-state index contributed by atoms with van der Waals surface area (Å²) in [4.78, 5) is 34.7. The maximum Gasteiger partial charge on any atom is 0.407 e. The summed E-state index contributed by atoms with van der Waals surface area (Å²) in [5.74, 6) is 0.207. The summed E-state index contributed by atoms with van der Waals surface area (Å²) in [7, 11) is 5.18. The van der Waals surface area contributed by atoms with Crippen LogP contribution < -0.4 is 15.4 Å². The minimum absolute atomic E-state index is 0.0444. The number of carbonyl (C=O) groups is 2. The summed E-state index contributed by atoms with van der Waals surface area (Å²) in [6.07, 6.45) is 2.09. The number of carboxylic acid groups (broad SMARTS) is 1. The van der Waals surface area contributed by atoms with Crippen molar-refractivity contribution in [1.29, 1.82) is 0 Å². The first-order valence-corrected chi connectivity index (χ1v) is 17.4. The van der Waals surface area contributed by atoms with Gasteiger partial charge >= 0.3 is 6.09 Å². The van der Waals surface area contributed by atoms with Crippen molar-refractivity contribution in [3.63, 3.8) is 0 Å². The van der Waals surface area contributed by atoms with Crippen molar-refractivity contribution < 1.29 is 24.2 Å². The van der Waals surface area contributed by atoms with Crippen LogP contribution in [0.2, 0.25) is 10.0 Å². The Kier molecular flexibility index (Phi) is 11.1. The zero-order valence-electron chi connectivity index (χ0n) is 28.9. The van der Waals surface area contributed by atoms with E-state index in [1.807, 2.05) is 61.0 Å². The average molecular weight is 732 g/mol. The van der Waals surface area contributed by atoms with Crippen molar-refractivity contribution in [3.05, 3.63) is 88.0 Å². The van der Waals surface area contributed by atoms with Gasteiger partial charge in [-0.05, 0) is 43.2 Å². The smallest absolute Gasteiger partial charge is 0.407 e. The van der Waals surface area contributed by atoms with E-state index in [1.54, 1.807) is 19.2 Å². The lowest BCUT2D eigenvalue weighted by atomic mass is 9.98. The molecule has 6 rings (SSSR count). The van der Waals surface area contributed by atoms with Crippen LogP contribution in [0.3, 0.4) is 0 Å². The molecule has 13 heteroatoms. The highest BCUT2D eigenvalue weighted by Crippen LogP contribution is 2.42. The second-order valence-corrected chi connectivity index (χ2v) is 13.4. The van der Waals surface area contributed by atoms with E-state index in [4.69, 9.17) is 42.6 Å². The van der Waals surface area contributed by atoms with Crippen LogP contribution in [0.25, 0.3) is 44.7 Å². The van der Waals surface area contributed by atoms with E-state index in [-0.39, 0.29) is 37.0 Å². The highest BCUT2D eigenvalue weighted by atomic mass is 35.5. The number of ether oxygens (including phenoxy) is 2. The second kappa shape index (κ2) is 15.7. The number of nitrogens with one attached hydrogen (secondary N) is 2. The number of pyridine rings is 2. The lowest BCUT2D eigenvalue weighted by Gasteiger charge is -2.23. The number of rotatable bonds is 13. The molecule has 51 heavy (non-hydrogen) atoms. The molecule has 3 N–H and O–H groups in total. The third-order valence-electron chi connectivity index (χ3n) is 9.18. The Morgan fingerprint density at radius 3 is 2.25 bits per heavy atom. The zero-order chi connectivity index (χ0) is 36.2. The van der Waals surface area contributed by atoms with Crippen molar-refractivity contribution >= 4 is 46.2 Å². The third kappa shape index (κ3) is 7.82. The molecule has 266 valence electrons. The monoisotopic (exact) mass is 730 g/mol. The van der Waals surface area contributed by atoms with Gasteiger partial charge in [-0.1, -0.05) is 59.6 Å². The van der Waals surface area contributed by atoms with Crippen LogP contribution in [0.5, 0.6) is 5.88 Å². The van der Waals surface area contributed by atoms with E-state index in [2.05, 4.69) is 22.9 Å². The molecule has 0 spiro atoms. The van der Waals surface area contributed by atoms with E-state index >= 15 is 0 Å². The summed E-state index contributed by atoms with van der Waals surface area (Å²) in [5, 5.41) is 18.2. The molecule has 2 amide bonds. The Morgan fingerprint density at radius 2 is 1.65 bits per heavy atom. The number of aryl methyl sites for hydroxylation is 1. The van der Waals surface area contributed by atoms with Crippen LogP contribution in [-0.4, -0.2) is 76.0 Å². The van der Waals surface area contributed by atoms with Crippen molar-refractivity contribution in [2.75, 3.05) is 27.3 Å². The molecule has 1 saturated heterocycles. The first-order valence-electron chi connectivity index (χ1n) is 16.7. The quantitative estimate of drug-likeness (QED) is 0.116. The van der Waals surface area contributed by atoms with Gasteiger partial charge in [-0.15, -0.1) is 0 Å². The fourth-order valence-corrected chi connectivity index (χ4v) is 7.05. The lowest BCUT2D eigenvalue weighted by molar-refractivity contribution is -0.119. The van der Waals surface area contributed by atoms with Crippen molar-refractivity contribution in [1.82, 2.24) is 30.1 Å². The molecule has 5 aromatic rings. The molecule has 2 aromatic carbocycles. The maximum absolute atomic E-state index is 12.1. The summed E-state index contributed by atoms with van der Waals surface area (Å²) < 4.78 is 13.0. The standard InChI is InChI=1S/C38H40Cl2N6O5/c1-22(50-3)17-41-18-24-19-45(2)36-26(24)13-15-31(43-36)29-9-5-7-27(34(29)39)28-8-6-10-30(35(28)40)32-14-11-23(37(44-32)51-4)20-46(38(48)49)21-25-12-16-33(47)42-25/h5-11,13-15,19,22,25,41H,12,16-18,20-21H2,1-4H3,(H,42,47)(H,48,49)/t22-,25-/m0/s1. The predicted octanol–water partition coefficient (Wildman–Crippen LogP) is 7.17. The van der Waals surface area contributed by atoms with Crippen molar-refractivity contribution in [3.8, 4) is 39.5 Å². The molecule has 1 fully saturated rings. The van der Waals surface area contributed by atoms with Crippen LogP contribution in [0.4, 0.5) is 4.79 Å². The molecule has 11 nitrogen and oxygen atoms in total. The molecular formula is C38H40Cl2N6O5. The first-order chi connectivity index (χ1) is 24.6. The van der Waals surface area contributed by atoms with Gasteiger partial charge in [0.15, 0.2) is 0 Å². The van der Waals surface area contributed by atoms with Gasteiger partial charge < -0.3 is 34.7 Å².